The Morgan fingerprint density at radius 1 is 1.50 bits per heavy atom. The van der Waals surface area contributed by atoms with Crippen LogP contribution in [0.1, 0.15) is 32.1 Å². The Morgan fingerprint density at radius 3 is 3.00 bits per heavy atom. The van der Waals surface area contributed by atoms with Gasteiger partial charge >= 0.3 is 0 Å². The van der Waals surface area contributed by atoms with Crippen LogP contribution in [0.15, 0.2) is 0 Å². The molecule has 2 aliphatic carbocycles. The van der Waals surface area contributed by atoms with Gasteiger partial charge in [0.15, 0.2) is 0 Å². The molecule has 10 heavy (non-hydrogen) atoms. The van der Waals surface area contributed by atoms with Crippen LogP contribution < -0.4 is 5.73 Å². The fourth-order valence-electron chi connectivity index (χ4n) is 2.64. The third-order valence-electron chi connectivity index (χ3n) is 3.13. The van der Waals surface area contributed by atoms with Gasteiger partial charge in [0.25, 0.3) is 0 Å². The van der Waals surface area contributed by atoms with E-state index >= 15 is 0 Å². The fraction of sp³-hybridized carbons (Fsp3) is 1.00. The zero-order valence-electron chi connectivity index (χ0n) is 6.21. The van der Waals surface area contributed by atoms with Crippen LogP contribution in [-0.4, -0.2) is 16.7 Å². The van der Waals surface area contributed by atoms with Crippen molar-refractivity contribution < 1.29 is 5.11 Å². The Labute approximate surface area is 61.4 Å². The molecule has 2 nitrogen and oxygen atoms in total. The van der Waals surface area contributed by atoms with Crippen LogP contribution in [0.3, 0.4) is 0 Å². The van der Waals surface area contributed by atoms with Gasteiger partial charge in [-0.15, -0.1) is 0 Å². The predicted molar refractivity (Wildman–Crippen MR) is 39.5 cm³/mol. The number of nitrogens with two attached hydrogens (primary N) is 1. The summed E-state index contributed by atoms with van der Waals surface area (Å²) < 4.78 is 0. The zero-order valence-corrected chi connectivity index (χ0v) is 6.21. The molecule has 0 spiro atoms. The molecule has 0 amide bonds. The molecule has 2 rings (SSSR count). The highest BCUT2D eigenvalue weighted by Crippen LogP contribution is 2.46. The van der Waals surface area contributed by atoms with Gasteiger partial charge < -0.3 is 10.8 Å². The summed E-state index contributed by atoms with van der Waals surface area (Å²) in [5.74, 6) is 0.530. The molecule has 3 unspecified atom stereocenters. The summed E-state index contributed by atoms with van der Waals surface area (Å²) in [6.07, 6.45) is 5.29. The summed E-state index contributed by atoms with van der Waals surface area (Å²) >= 11 is 0. The average Bonchev–Trinajstić information content (AvgIpc) is 2.20. The van der Waals surface area contributed by atoms with Gasteiger partial charge in [-0.05, 0) is 31.6 Å². The smallest absolute Gasteiger partial charge is 0.0691 e. The Balaban J connectivity index is 2.15. The maximum atomic E-state index is 9.92. The van der Waals surface area contributed by atoms with Gasteiger partial charge in [-0.3, -0.25) is 0 Å². The minimum atomic E-state index is -0.348. The molecule has 0 aromatic rings. The third-order valence-corrected chi connectivity index (χ3v) is 3.13. The highest BCUT2D eigenvalue weighted by molar-refractivity contribution is 5.01. The topological polar surface area (TPSA) is 46.2 Å². The van der Waals surface area contributed by atoms with Crippen LogP contribution in [0, 0.1) is 5.92 Å². The molecule has 2 fully saturated rings. The molecule has 0 aromatic heterocycles. The molecule has 0 bridgehead atoms. The Morgan fingerprint density at radius 2 is 2.30 bits per heavy atom. The van der Waals surface area contributed by atoms with E-state index in [1.165, 1.54) is 12.8 Å². The van der Waals surface area contributed by atoms with Crippen LogP contribution in [0.25, 0.3) is 0 Å². The van der Waals surface area contributed by atoms with E-state index in [4.69, 9.17) is 5.73 Å². The number of hydrogen-bond acceptors (Lipinski definition) is 2. The molecular formula is C8H15NO. The number of rotatable bonds is 0. The Bertz CT molecular complexity index is 148. The predicted octanol–water partition coefficient (Wildman–Crippen LogP) is 0.639. The monoisotopic (exact) mass is 141 g/mol. The highest BCUT2D eigenvalue weighted by Gasteiger charge is 2.47. The average molecular weight is 141 g/mol. The quantitative estimate of drug-likeness (QED) is 0.520. The van der Waals surface area contributed by atoms with Crippen LogP contribution >= 0.6 is 0 Å². The lowest BCUT2D eigenvalue weighted by Gasteiger charge is -2.21. The summed E-state index contributed by atoms with van der Waals surface area (Å²) in [5.41, 5.74) is 5.40. The summed E-state index contributed by atoms with van der Waals surface area (Å²) in [7, 11) is 0. The lowest BCUT2D eigenvalue weighted by molar-refractivity contribution is 0.0227. The lowest BCUT2D eigenvalue weighted by atomic mass is 9.95. The molecule has 0 heterocycles. The molecule has 3 atom stereocenters. The number of aliphatic hydroxyl groups is 1. The van der Waals surface area contributed by atoms with E-state index in [0.717, 1.165) is 19.3 Å². The summed E-state index contributed by atoms with van der Waals surface area (Å²) in [5, 5.41) is 9.92. The van der Waals surface area contributed by atoms with E-state index in [1.807, 2.05) is 0 Å². The van der Waals surface area contributed by atoms with Crippen LogP contribution in [0.4, 0.5) is 0 Å². The minimum absolute atomic E-state index is 0.273. The SMILES string of the molecule is NC1CC2CCCC2(O)C1. The molecule has 58 valence electrons. The van der Waals surface area contributed by atoms with Gasteiger partial charge in [0, 0.05) is 6.04 Å². The molecule has 0 radical (unpaired) electrons. The van der Waals surface area contributed by atoms with Crippen molar-refractivity contribution in [1.29, 1.82) is 0 Å². The second-order valence-corrected chi connectivity index (χ2v) is 3.89. The molecule has 3 N–H and O–H groups in total. The molecule has 0 aliphatic heterocycles. The highest BCUT2D eigenvalue weighted by atomic mass is 16.3. The summed E-state index contributed by atoms with van der Waals surface area (Å²) in [6, 6.07) is 0.273. The maximum absolute atomic E-state index is 9.92. The van der Waals surface area contributed by atoms with Crippen molar-refractivity contribution in [2.75, 3.05) is 0 Å². The van der Waals surface area contributed by atoms with E-state index in [2.05, 4.69) is 0 Å². The molecule has 2 aliphatic rings. The van der Waals surface area contributed by atoms with Crippen molar-refractivity contribution >= 4 is 0 Å². The van der Waals surface area contributed by atoms with Gasteiger partial charge in [-0.2, -0.15) is 0 Å². The molecule has 2 heteroatoms. The van der Waals surface area contributed by atoms with E-state index < -0.39 is 0 Å². The maximum Gasteiger partial charge on any atom is 0.0691 e. The number of hydrogen-bond donors (Lipinski definition) is 2. The van der Waals surface area contributed by atoms with Crippen molar-refractivity contribution in [1.82, 2.24) is 0 Å². The fourth-order valence-corrected chi connectivity index (χ4v) is 2.64. The first-order valence-corrected chi connectivity index (χ1v) is 4.19. The standard InChI is InChI=1S/C8H15NO/c9-7-4-6-2-1-3-8(6,10)5-7/h6-7,10H,1-5,9H2. The third kappa shape index (κ3) is 0.789. The van der Waals surface area contributed by atoms with E-state index in [-0.39, 0.29) is 11.6 Å². The molecule has 2 saturated carbocycles. The Kier molecular flexibility index (Phi) is 1.29. The normalized spacial score (nSPS) is 53.4. The van der Waals surface area contributed by atoms with Gasteiger partial charge in [0.1, 0.15) is 0 Å². The Hall–Kier alpha value is -0.0800. The van der Waals surface area contributed by atoms with Crippen LogP contribution in [0.5, 0.6) is 0 Å². The minimum Gasteiger partial charge on any atom is -0.390 e. The first-order valence-electron chi connectivity index (χ1n) is 4.19. The zero-order chi connectivity index (χ0) is 7.19. The first kappa shape index (κ1) is 6.62. The van der Waals surface area contributed by atoms with Crippen LogP contribution in [-0.2, 0) is 0 Å². The molecular weight excluding hydrogens is 126 g/mol. The van der Waals surface area contributed by atoms with Crippen molar-refractivity contribution in [3.05, 3.63) is 0 Å². The van der Waals surface area contributed by atoms with E-state index in [0.29, 0.717) is 5.92 Å². The lowest BCUT2D eigenvalue weighted by Crippen LogP contribution is -2.28. The van der Waals surface area contributed by atoms with E-state index in [1.54, 1.807) is 0 Å². The van der Waals surface area contributed by atoms with Crippen molar-refractivity contribution in [2.45, 2.75) is 43.7 Å². The van der Waals surface area contributed by atoms with Crippen molar-refractivity contribution in [3.8, 4) is 0 Å². The largest absolute Gasteiger partial charge is 0.390 e. The van der Waals surface area contributed by atoms with Crippen molar-refractivity contribution in [2.24, 2.45) is 11.7 Å². The number of fused-ring (bicyclic) bond motifs is 1. The van der Waals surface area contributed by atoms with Gasteiger partial charge in [0.05, 0.1) is 5.60 Å². The summed E-state index contributed by atoms with van der Waals surface area (Å²) in [4.78, 5) is 0. The first-order chi connectivity index (χ1) is 4.71. The second-order valence-electron chi connectivity index (χ2n) is 3.89. The second kappa shape index (κ2) is 1.95. The van der Waals surface area contributed by atoms with Crippen molar-refractivity contribution in [3.63, 3.8) is 0 Å². The van der Waals surface area contributed by atoms with E-state index in [9.17, 15) is 5.11 Å². The van der Waals surface area contributed by atoms with Gasteiger partial charge in [-0.1, -0.05) is 6.42 Å². The van der Waals surface area contributed by atoms with Crippen LogP contribution in [0.2, 0.25) is 0 Å². The van der Waals surface area contributed by atoms with Gasteiger partial charge in [0.2, 0.25) is 0 Å². The summed E-state index contributed by atoms with van der Waals surface area (Å²) in [6.45, 7) is 0. The molecule has 0 saturated heterocycles. The van der Waals surface area contributed by atoms with Gasteiger partial charge in [-0.25, -0.2) is 0 Å². The molecule has 0 aromatic carbocycles.